The van der Waals surface area contributed by atoms with Crippen LogP contribution in [-0.4, -0.2) is 42.0 Å². The maximum Gasteiger partial charge on any atom is 0.254 e. The third-order valence-electron chi connectivity index (χ3n) is 5.19. The SMILES string of the molecule is CN(C(=O)c1cc(-c2ccccc2)nc2ccccc12)C1CCNCC1.Cl.Cl. The van der Waals surface area contributed by atoms with Crippen molar-refractivity contribution in [2.75, 3.05) is 20.1 Å². The molecule has 4 nitrogen and oxygen atoms in total. The van der Waals surface area contributed by atoms with Gasteiger partial charge in [0.05, 0.1) is 16.8 Å². The van der Waals surface area contributed by atoms with Gasteiger partial charge in [-0.15, -0.1) is 24.8 Å². The molecule has 1 saturated heterocycles. The van der Waals surface area contributed by atoms with Crippen LogP contribution in [0.2, 0.25) is 0 Å². The van der Waals surface area contributed by atoms with Gasteiger partial charge in [-0.2, -0.15) is 0 Å². The van der Waals surface area contributed by atoms with Crippen molar-refractivity contribution in [1.82, 2.24) is 15.2 Å². The fourth-order valence-electron chi connectivity index (χ4n) is 3.66. The van der Waals surface area contributed by atoms with Crippen LogP contribution in [0.3, 0.4) is 0 Å². The van der Waals surface area contributed by atoms with Gasteiger partial charge < -0.3 is 10.2 Å². The molecule has 3 aromatic rings. The minimum Gasteiger partial charge on any atom is -0.339 e. The predicted molar refractivity (Wildman–Crippen MR) is 120 cm³/mol. The van der Waals surface area contributed by atoms with E-state index in [1.165, 1.54) is 0 Å². The lowest BCUT2D eigenvalue weighted by molar-refractivity contribution is 0.0705. The molecule has 0 radical (unpaired) electrons. The van der Waals surface area contributed by atoms with Crippen molar-refractivity contribution in [3.63, 3.8) is 0 Å². The Morgan fingerprint density at radius 3 is 2.36 bits per heavy atom. The number of hydrogen-bond acceptors (Lipinski definition) is 3. The van der Waals surface area contributed by atoms with Gasteiger partial charge in [-0.3, -0.25) is 4.79 Å². The quantitative estimate of drug-likeness (QED) is 0.678. The number of nitrogens with one attached hydrogen (secondary N) is 1. The first kappa shape index (κ1) is 22.2. The van der Waals surface area contributed by atoms with Crippen LogP contribution < -0.4 is 5.32 Å². The molecular weight excluding hydrogens is 393 g/mol. The van der Waals surface area contributed by atoms with Crippen LogP contribution in [0.25, 0.3) is 22.2 Å². The van der Waals surface area contributed by atoms with E-state index in [2.05, 4.69) is 5.32 Å². The summed E-state index contributed by atoms with van der Waals surface area (Å²) < 4.78 is 0. The first-order valence-electron chi connectivity index (χ1n) is 9.17. The van der Waals surface area contributed by atoms with E-state index in [4.69, 9.17) is 4.98 Å². The molecule has 0 bridgehead atoms. The van der Waals surface area contributed by atoms with Gasteiger partial charge in [0.15, 0.2) is 0 Å². The molecule has 0 atom stereocenters. The number of amides is 1. The number of pyridine rings is 1. The van der Waals surface area contributed by atoms with E-state index >= 15 is 0 Å². The average Bonchev–Trinajstić information content (AvgIpc) is 2.73. The van der Waals surface area contributed by atoms with Gasteiger partial charge in [-0.1, -0.05) is 48.5 Å². The summed E-state index contributed by atoms with van der Waals surface area (Å²) in [5.74, 6) is 0.0766. The highest BCUT2D eigenvalue weighted by Crippen LogP contribution is 2.26. The fourth-order valence-corrected chi connectivity index (χ4v) is 3.66. The first-order chi connectivity index (χ1) is 12.7. The molecule has 148 valence electrons. The molecule has 2 heterocycles. The lowest BCUT2D eigenvalue weighted by Crippen LogP contribution is -2.44. The van der Waals surface area contributed by atoms with Crippen LogP contribution in [0.5, 0.6) is 0 Å². The highest BCUT2D eigenvalue weighted by atomic mass is 35.5. The molecule has 2 aromatic carbocycles. The van der Waals surface area contributed by atoms with Crippen LogP contribution in [0.4, 0.5) is 0 Å². The van der Waals surface area contributed by atoms with Crippen LogP contribution in [0.15, 0.2) is 60.7 Å². The summed E-state index contributed by atoms with van der Waals surface area (Å²) in [7, 11) is 1.93. The van der Waals surface area contributed by atoms with Crippen LogP contribution in [0, 0.1) is 0 Å². The van der Waals surface area contributed by atoms with Crippen molar-refractivity contribution < 1.29 is 4.79 Å². The summed E-state index contributed by atoms with van der Waals surface area (Å²) in [6, 6.07) is 20.2. The monoisotopic (exact) mass is 417 g/mol. The van der Waals surface area contributed by atoms with Crippen LogP contribution in [-0.2, 0) is 0 Å². The van der Waals surface area contributed by atoms with E-state index in [1.807, 2.05) is 72.6 Å². The van der Waals surface area contributed by atoms with Crippen LogP contribution >= 0.6 is 24.8 Å². The normalized spacial score (nSPS) is 14.0. The number of piperidine rings is 1. The highest BCUT2D eigenvalue weighted by Gasteiger charge is 2.24. The van der Waals surface area contributed by atoms with E-state index in [0.29, 0.717) is 0 Å². The number of para-hydroxylation sites is 1. The molecule has 1 N–H and O–H groups in total. The molecule has 6 heteroatoms. The van der Waals surface area contributed by atoms with Gasteiger partial charge in [0.2, 0.25) is 0 Å². The first-order valence-corrected chi connectivity index (χ1v) is 9.17. The van der Waals surface area contributed by atoms with Gasteiger partial charge in [0.25, 0.3) is 5.91 Å². The Hall–Kier alpha value is -2.14. The average molecular weight is 418 g/mol. The summed E-state index contributed by atoms with van der Waals surface area (Å²) >= 11 is 0. The zero-order valence-electron chi connectivity index (χ0n) is 15.8. The smallest absolute Gasteiger partial charge is 0.254 e. The van der Waals surface area contributed by atoms with Gasteiger partial charge in [0.1, 0.15) is 0 Å². The van der Waals surface area contributed by atoms with Crippen molar-refractivity contribution in [3.05, 3.63) is 66.2 Å². The van der Waals surface area contributed by atoms with Crippen molar-refractivity contribution in [3.8, 4) is 11.3 Å². The summed E-state index contributed by atoms with van der Waals surface area (Å²) in [5.41, 5.74) is 3.45. The second-order valence-electron chi connectivity index (χ2n) is 6.84. The van der Waals surface area contributed by atoms with Crippen molar-refractivity contribution in [1.29, 1.82) is 0 Å². The van der Waals surface area contributed by atoms with E-state index in [-0.39, 0.29) is 36.8 Å². The summed E-state index contributed by atoms with van der Waals surface area (Å²) in [6.07, 6.45) is 1.99. The number of carbonyl (C=O) groups is 1. The Bertz CT molecular complexity index is 927. The van der Waals surface area contributed by atoms with E-state index < -0.39 is 0 Å². The van der Waals surface area contributed by atoms with E-state index in [0.717, 1.165) is 53.7 Å². The number of aromatic nitrogens is 1. The molecule has 1 amide bonds. The molecular formula is C22H25Cl2N3O. The largest absolute Gasteiger partial charge is 0.339 e. The fraction of sp³-hybridized carbons (Fsp3) is 0.273. The third-order valence-corrected chi connectivity index (χ3v) is 5.19. The summed E-state index contributed by atoms with van der Waals surface area (Å²) in [6.45, 7) is 1.93. The molecule has 28 heavy (non-hydrogen) atoms. The van der Waals surface area contributed by atoms with Gasteiger partial charge in [-0.25, -0.2) is 4.98 Å². The Labute approximate surface area is 178 Å². The second-order valence-corrected chi connectivity index (χ2v) is 6.84. The van der Waals surface area contributed by atoms with E-state index in [9.17, 15) is 4.79 Å². The van der Waals surface area contributed by atoms with Crippen molar-refractivity contribution in [2.24, 2.45) is 0 Å². The zero-order valence-corrected chi connectivity index (χ0v) is 17.4. The molecule has 1 aliphatic heterocycles. The Balaban J connectivity index is 0.00000140. The highest BCUT2D eigenvalue weighted by molar-refractivity contribution is 6.07. The minimum absolute atomic E-state index is 0. The molecule has 1 fully saturated rings. The topological polar surface area (TPSA) is 45.2 Å². The Morgan fingerprint density at radius 1 is 1.00 bits per heavy atom. The summed E-state index contributed by atoms with van der Waals surface area (Å²) in [5, 5.41) is 4.28. The van der Waals surface area contributed by atoms with Crippen molar-refractivity contribution >= 4 is 41.6 Å². The van der Waals surface area contributed by atoms with Gasteiger partial charge >= 0.3 is 0 Å². The van der Waals surface area contributed by atoms with Crippen LogP contribution in [0.1, 0.15) is 23.2 Å². The number of nitrogens with zero attached hydrogens (tertiary/aromatic N) is 2. The number of halogens is 2. The molecule has 1 aliphatic rings. The predicted octanol–water partition coefficient (Wildman–Crippen LogP) is 4.57. The number of fused-ring (bicyclic) bond motifs is 1. The Kier molecular flexibility index (Phi) is 7.81. The molecule has 0 aliphatic carbocycles. The molecule has 4 rings (SSSR count). The molecule has 0 spiro atoms. The van der Waals surface area contributed by atoms with Crippen molar-refractivity contribution in [2.45, 2.75) is 18.9 Å². The minimum atomic E-state index is 0. The number of benzene rings is 2. The Morgan fingerprint density at radius 2 is 1.64 bits per heavy atom. The summed E-state index contributed by atoms with van der Waals surface area (Å²) in [4.78, 5) is 20.0. The molecule has 0 saturated carbocycles. The lowest BCUT2D eigenvalue weighted by Gasteiger charge is -2.32. The standard InChI is InChI=1S/C22H23N3O.2ClH/c1-25(17-11-13-23-14-12-17)22(26)19-15-21(16-7-3-2-4-8-16)24-20-10-6-5-9-18(19)20;;/h2-10,15,17,23H,11-14H2,1H3;2*1H. The van der Waals surface area contributed by atoms with Gasteiger partial charge in [0, 0.05) is 24.0 Å². The molecule has 0 unspecified atom stereocenters. The van der Waals surface area contributed by atoms with E-state index in [1.54, 1.807) is 0 Å². The lowest BCUT2D eigenvalue weighted by atomic mass is 10.0. The maximum atomic E-state index is 13.3. The number of hydrogen-bond donors (Lipinski definition) is 1. The third kappa shape index (κ3) is 4.46. The zero-order chi connectivity index (χ0) is 17.9. The number of rotatable bonds is 3. The molecule has 1 aromatic heterocycles. The second kappa shape index (κ2) is 9.87. The maximum absolute atomic E-state index is 13.3. The number of carbonyl (C=O) groups excluding carboxylic acids is 1. The van der Waals surface area contributed by atoms with Gasteiger partial charge in [-0.05, 0) is 38.1 Å².